The number of unbranched alkanes of at least 4 members (excludes halogenated alkanes) is 1. The molecule has 0 aromatic heterocycles. The van der Waals surface area contributed by atoms with E-state index in [0.29, 0.717) is 12.5 Å². The maximum Gasteiger partial charge on any atom is 0.225 e. The molecule has 1 unspecified atom stereocenters. The predicted octanol–water partition coefficient (Wildman–Crippen LogP) is 2.79. The highest BCUT2D eigenvalue weighted by molar-refractivity contribution is 5.79. The van der Waals surface area contributed by atoms with Crippen LogP contribution in [0.2, 0.25) is 0 Å². The van der Waals surface area contributed by atoms with E-state index in [1.54, 1.807) is 0 Å². The number of hydrogen-bond acceptors (Lipinski definition) is 2. The van der Waals surface area contributed by atoms with Crippen LogP contribution in [0.5, 0.6) is 0 Å². The van der Waals surface area contributed by atoms with E-state index < -0.39 is 0 Å². The van der Waals surface area contributed by atoms with Gasteiger partial charge in [0.2, 0.25) is 5.91 Å². The van der Waals surface area contributed by atoms with Crippen LogP contribution in [-0.2, 0) is 4.79 Å². The van der Waals surface area contributed by atoms with Crippen LogP contribution in [0, 0.1) is 11.8 Å². The van der Waals surface area contributed by atoms with Gasteiger partial charge in [-0.25, -0.2) is 0 Å². The average molecular weight is 254 g/mol. The van der Waals surface area contributed by atoms with E-state index in [-0.39, 0.29) is 12.0 Å². The summed E-state index contributed by atoms with van der Waals surface area (Å²) in [5.74, 6) is 1.43. The summed E-state index contributed by atoms with van der Waals surface area (Å²) in [6.45, 7) is 4.82. The third-order valence-corrected chi connectivity index (χ3v) is 4.51. The number of nitrogens with two attached hydrogens (primary N) is 1. The molecule has 1 fully saturated rings. The Hall–Kier alpha value is -0.570. The quantitative estimate of drug-likeness (QED) is 0.792. The lowest BCUT2D eigenvalue weighted by Gasteiger charge is -2.32. The molecule has 0 aliphatic heterocycles. The Morgan fingerprint density at radius 3 is 2.44 bits per heavy atom. The monoisotopic (exact) mass is 254 g/mol. The number of nitrogens with zero attached hydrogens (tertiary/aromatic N) is 1. The van der Waals surface area contributed by atoms with Gasteiger partial charge in [-0.15, -0.1) is 0 Å². The fraction of sp³-hybridized carbons (Fsp3) is 0.933. The van der Waals surface area contributed by atoms with Gasteiger partial charge in [0, 0.05) is 25.6 Å². The van der Waals surface area contributed by atoms with Crippen LogP contribution in [0.3, 0.4) is 0 Å². The van der Waals surface area contributed by atoms with Crippen molar-refractivity contribution < 1.29 is 4.79 Å². The fourth-order valence-electron chi connectivity index (χ4n) is 2.85. The molecular formula is C15H30N2O. The number of hydrogen-bond donors (Lipinski definition) is 1. The summed E-state index contributed by atoms with van der Waals surface area (Å²) in [4.78, 5) is 14.1. The van der Waals surface area contributed by atoms with Crippen molar-refractivity contribution in [2.75, 3.05) is 13.6 Å². The summed E-state index contributed by atoms with van der Waals surface area (Å²) >= 11 is 0. The Balaban J connectivity index is 2.35. The highest BCUT2D eigenvalue weighted by Gasteiger charge is 2.29. The van der Waals surface area contributed by atoms with Crippen molar-refractivity contribution >= 4 is 5.91 Å². The summed E-state index contributed by atoms with van der Waals surface area (Å²) in [6, 6.07) is 0.162. The number of rotatable bonds is 6. The molecule has 0 saturated heterocycles. The molecule has 3 nitrogen and oxygen atoms in total. The Morgan fingerprint density at radius 2 is 1.94 bits per heavy atom. The highest BCUT2D eigenvalue weighted by atomic mass is 16.2. The van der Waals surface area contributed by atoms with Crippen LogP contribution in [0.25, 0.3) is 0 Å². The van der Waals surface area contributed by atoms with Gasteiger partial charge in [-0.2, -0.15) is 0 Å². The summed E-state index contributed by atoms with van der Waals surface area (Å²) in [7, 11) is 1.89. The van der Waals surface area contributed by atoms with E-state index in [4.69, 9.17) is 5.73 Å². The molecule has 2 N–H and O–H groups in total. The van der Waals surface area contributed by atoms with Crippen molar-refractivity contribution in [2.45, 2.75) is 64.8 Å². The summed E-state index contributed by atoms with van der Waals surface area (Å²) in [6.07, 6.45) is 8.61. The van der Waals surface area contributed by atoms with Gasteiger partial charge in [0.1, 0.15) is 0 Å². The van der Waals surface area contributed by atoms with Crippen molar-refractivity contribution in [3.8, 4) is 0 Å². The Morgan fingerprint density at radius 1 is 1.33 bits per heavy atom. The van der Waals surface area contributed by atoms with Crippen molar-refractivity contribution in [3.05, 3.63) is 0 Å². The molecular weight excluding hydrogens is 224 g/mol. The van der Waals surface area contributed by atoms with E-state index in [9.17, 15) is 4.79 Å². The van der Waals surface area contributed by atoms with Gasteiger partial charge in [-0.3, -0.25) is 4.79 Å². The molecule has 0 heterocycles. The standard InChI is InChI=1S/C15H30N2O/c1-4-5-6-13-7-9-14(10-8-13)15(18)17(3)12(2)11-16/h12-14H,4-11,16H2,1-3H3. The Labute approximate surface area is 112 Å². The molecule has 0 spiro atoms. The van der Waals surface area contributed by atoms with Gasteiger partial charge in [-0.05, 0) is 38.5 Å². The molecule has 1 aliphatic rings. The van der Waals surface area contributed by atoms with E-state index in [2.05, 4.69) is 6.92 Å². The molecule has 1 aliphatic carbocycles. The lowest BCUT2D eigenvalue weighted by molar-refractivity contribution is -0.137. The first-order chi connectivity index (χ1) is 8.60. The first-order valence-corrected chi connectivity index (χ1v) is 7.56. The minimum absolute atomic E-state index is 0.162. The smallest absolute Gasteiger partial charge is 0.225 e. The molecule has 0 bridgehead atoms. The SMILES string of the molecule is CCCCC1CCC(C(=O)N(C)C(C)CN)CC1. The molecule has 1 saturated carbocycles. The molecule has 3 heteroatoms. The predicted molar refractivity (Wildman–Crippen MR) is 76.3 cm³/mol. The summed E-state index contributed by atoms with van der Waals surface area (Å²) in [5, 5.41) is 0. The summed E-state index contributed by atoms with van der Waals surface area (Å²) < 4.78 is 0. The minimum Gasteiger partial charge on any atom is -0.342 e. The fourth-order valence-corrected chi connectivity index (χ4v) is 2.85. The molecule has 0 aromatic carbocycles. The van der Waals surface area contributed by atoms with Gasteiger partial charge in [0.05, 0.1) is 0 Å². The lowest BCUT2D eigenvalue weighted by atomic mass is 9.79. The van der Waals surface area contributed by atoms with Crippen LogP contribution in [0.1, 0.15) is 58.8 Å². The first kappa shape index (κ1) is 15.5. The molecule has 106 valence electrons. The van der Waals surface area contributed by atoms with Gasteiger partial charge in [-0.1, -0.05) is 26.2 Å². The number of amides is 1. The van der Waals surface area contributed by atoms with E-state index in [1.165, 1.54) is 32.1 Å². The van der Waals surface area contributed by atoms with Crippen LogP contribution < -0.4 is 5.73 Å². The molecule has 1 rings (SSSR count). The first-order valence-electron chi connectivity index (χ1n) is 7.56. The van der Waals surface area contributed by atoms with Crippen LogP contribution >= 0.6 is 0 Å². The topological polar surface area (TPSA) is 46.3 Å². The molecule has 0 aromatic rings. The zero-order valence-electron chi connectivity index (χ0n) is 12.3. The number of carbonyl (C=O) groups excluding carboxylic acids is 1. The Bertz CT molecular complexity index is 247. The molecule has 0 radical (unpaired) electrons. The average Bonchev–Trinajstić information content (AvgIpc) is 2.43. The largest absolute Gasteiger partial charge is 0.342 e. The number of carbonyl (C=O) groups is 1. The molecule has 1 atom stereocenters. The van der Waals surface area contributed by atoms with E-state index in [0.717, 1.165) is 18.8 Å². The van der Waals surface area contributed by atoms with Crippen LogP contribution in [0.15, 0.2) is 0 Å². The lowest BCUT2D eigenvalue weighted by Crippen LogP contribution is -2.43. The number of likely N-dealkylation sites (N-methyl/N-ethyl adjacent to an activating group) is 1. The molecule has 1 amide bonds. The zero-order chi connectivity index (χ0) is 13.5. The van der Waals surface area contributed by atoms with E-state index in [1.807, 2.05) is 18.9 Å². The van der Waals surface area contributed by atoms with Crippen LogP contribution in [0.4, 0.5) is 0 Å². The highest BCUT2D eigenvalue weighted by Crippen LogP contribution is 2.32. The van der Waals surface area contributed by atoms with E-state index >= 15 is 0 Å². The minimum atomic E-state index is 0.162. The van der Waals surface area contributed by atoms with Crippen LogP contribution in [-0.4, -0.2) is 30.4 Å². The Kier molecular flexibility index (Phi) is 6.69. The van der Waals surface area contributed by atoms with Gasteiger partial charge in [0.15, 0.2) is 0 Å². The summed E-state index contributed by atoms with van der Waals surface area (Å²) in [5.41, 5.74) is 5.62. The van der Waals surface area contributed by atoms with Crippen molar-refractivity contribution in [3.63, 3.8) is 0 Å². The van der Waals surface area contributed by atoms with Crippen molar-refractivity contribution in [1.82, 2.24) is 4.90 Å². The van der Waals surface area contributed by atoms with Gasteiger partial charge >= 0.3 is 0 Å². The third kappa shape index (κ3) is 4.27. The zero-order valence-corrected chi connectivity index (χ0v) is 12.3. The second kappa shape index (κ2) is 7.78. The van der Waals surface area contributed by atoms with Crippen molar-refractivity contribution in [1.29, 1.82) is 0 Å². The van der Waals surface area contributed by atoms with Gasteiger partial charge < -0.3 is 10.6 Å². The normalized spacial score (nSPS) is 25.8. The van der Waals surface area contributed by atoms with Crippen molar-refractivity contribution in [2.24, 2.45) is 17.6 Å². The van der Waals surface area contributed by atoms with Gasteiger partial charge in [0.25, 0.3) is 0 Å². The maximum absolute atomic E-state index is 12.3. The second-order valence-corrected chi connectivity index (χ2v) is 5.89. The molecule has 18 heavy (non-hydrogen) atoms. The maximum atomic E-state index is 12.3. The second-order valence-electron chi connectivity index (χ2n) is 5.89. The third-order valence-electron chi connectivity index (χ3n) is 4.51.